The summed E-state index contributed by atoms with van der Waals surface area (Å²) in [6.07, 6.45) is 10.7. The number of carboxylic acid groups (broad SMARTS) is 1. The van der Waals surface area contributed by atoms with Gasteiger partial charge in [0.05, 0.1) is 23.3 Å². The number of hydrogen-bond donors (Lipinski definition) is 2. The zero-order chi connectivity index (χ0) is 37.3. The fraction of sp³-hybridized carbons (Fsp3) is 0.415. The summed E-state index contributed by atoms with van der Waals surface area (Å²) in [4.78, 5) is 25.0. The van der Waals surface area contributed by atoms with Crippen LogP contribution in [0.5, 0.6) is 17.2 Å². The second-order valence-corrected chi connectivity index (χ2v) is 14.2. The molecule has 2 N–H and O–H groups in total. The number of halogens is 1. The number of likely N-dealkylation sites (tertiary alicyclic amines) is 2. The Hall–Kier alpha value is -4.73. The molecule has 2 fully saturated rings. The largest absolute Gasteiger partial charge is 0.493 e. The van der Waals surface area contributed by atoms with Gasteiger partial charge in [0.1, 0.15) is 42.6 Å². The first-order valence-electron chi connectivity index (χ1n) is 18.2. The number of ether oxygens (including phenoxy) is 3. The Balaban J connectivity index is 1.18. The molecule has 12 heteroatoms. The van der Waals surface area contributed by atoms with E-state index in [1.54, 1.807) is 30.6 Å². The average Bonchev–Trinajstić information content (AvgIpc) is 3.58. The van der Waals surface area contributed by atoms with Gasteiger partial charge in [-0.25, -0.2) is 0 Å². The van der Waals surface area contributed by atoms with E-state index in [-0.39, 0.29) is 19.3 Å². The third-order valence-corrected chi connectivity index (χ3v) is 10.4. The first-order valence-corrected chi connectivity index (χ1v) is 18.5. The SMILES string of the molecule is Cc1c(COc2cc(OCc3cncc(C#N)c3)c(CN3CCCCC3C(=O)O)cc2Cl)cncc1-c1cccc(OCCCN2CCC(O)C2)c1C. The van der Waals surface area contributed by atoms with Crippen LogP contribution in [-0.4, -0.2) is 80.9 Å². The second-order valence-electron chi connectivity index (χ2n) is 13.8. The lowest BCUT2D eigenvalue weighted by Crippen LogP contribution is -2.44. The molecule has 0 amide bonds. The Labute approximate surface area is 315 Å². The zero-order valence-corrected chi connectivity index (χ0v) is 31.0. The van der Waals surface area contributed by atoms with E-state index >= 15 is 0 Å². The van der Waals surface area contributed by atoms with Gasteiger partial charge in [0.25, 0.3) is 0 Å². The highest BCUT2D eigenvalue weighted by Crippen LogP contribution is 2.37. The third-order valence-electron chi connectivity index (χ3n) is 10.1. The van der Waals surface area contributed by atoms with E-state index in [1.807, 2.05) is 30.2 Å². The summed E-state index contributed by atoms with van der Waals surface area (Å²) < 4.78 is 18.8. The van der Waals surface area contributed by atoms with Crippen molar-refractivity contribution in [2.45, 2.75) is 77.9 Å². The van der Waals surface area contributed by atoms with Crippen LogP contribution >= 0.6 is 11.6 Å². The molecule has 0 radical (unpaired) electrons. The van der Waals surface area contributed by atoms with Gasteiger partial charge in [-0.05, 0) is 81.0 Å². The number of piperidine rings is 1. The molecular weight excluding hydrogens is 694 g/mol. The second kappa shape index (κ2) is 17.9. The van der Waals surface area contributed by atoms with E-state index in [2.05, 4.69) is 33.9 Å². The van der Waals surface area contributed by atoms with Crippen molar-refractivity contribution in [3.63, 3.8) is 0 Å². The summed E-state index contributed by atoms with van der Waals surface area (Å²) in [7, 11) is 0. The minimum atomic E-state index is -0.839. The number of pyridine rings is 2. The standard InChI is InChI=1S/C41H46ClN5O6/c1-27-32(21-45-22-35(27)34-7-5-9-38(28(34)2)51-14-6-11-46-13-10-33(48)24-46)26-53-40-17-39(52-25-30-15-29(18-43)19-44-20-30)31(16-36(40)42)23-47-12-4-3-8-37(47)41(49)50/h5,7,9,15-17,19-22,33,37,48H,3-4,6,8,10-14,23-26H2,1-2H3,(H,49,50). The summed E-state index contributed by atoms with van der Waals surface area (Å²) in [5.41, 5.74) is 6.84. The molecule has 0 aliphatic carbocycles. The number of aliphatic hydroxyl groups excluding tert-OH is 1. The fourth-order valence-corrected chi connectivity index (χ4v) is 7.34. The van der Waals surface area contributed by atoms with Crippen molar-refractivity contribution < 1.29 is 29.2 Å². The molecule has 53 heavy (non-hydrogen) atoms. The number of nitrogens with zero attached hydrogens (tertiary/aromatic N) is 5. The molecule has 2 aliphatic rings. The summed E-state index contributed by atoms with van der Waals surface area (Å²) >= 11 is 6.84. The van der Waals surface area contributed by atoms with E-state index in [0.29, 0.717) is 48.2 Å². The van der Waals surface area contributed by atoms with Crippen LogP contribution in [0.25, 0.3) is 11.1 Å². The minimum absolute atomic E-state index is 0.148. The first kappa shape index (κ1) is 38.0. The number of rotatable bonds is 15. The number of carbonyl (C=O) groups is 1. The first-order chi connectivity index (χ1) is 25.7. The lowest BCUT2D eigenvalue weighted by molar-refractivity contribution is -0.144. The van der Waals surface area contributed by atoms with Crippen molar-refractivity contribution in [3.8, 4) is 34.4 Å². The van der Waals surface area contributed by atoms with Gasteiger partial charge in [0.15, 0.2) is 0 Å². The van der Waals surface area contributed by atoms with Crippen LogP contribution in [0, 0.1) is 25.2 Å². The predicted octanol–water partition coefficient (Wildman–Crippen LogP) is 6.72. The predicted molar refractivity (Wildman–Crippen MR) is 201 cm³/mol. The molecule has 2 aromatic carbocycles. The van der Waals surface area contributed by atoms with Crippen molar-refractivity contribution in [1.82, 2.24) is 19.8 Å². The summed E-state index contributed by atoms with van der Waals surface area (Å²) in [5.74, 6) is 0.922. The Kier molecular flexibility index (Phi) is 12.8. The Morgan fingerprint density at radius 1 is 0.925 bits per heavy atom. The van der Waals surface area contributed by atoms with Crippen LogP contribution in [0.2, 0.25) is 5.02 Å². The molecule has 278 valence electrons. The Bertz CT molecular complexity index is 1950. The van der Waals surface area contributed by atoms with Gasteiger partial charge >= 0.3 is 5.97 Å². The van der Waals surface area contributed by atoms with Crippen molar-refractivity contribution >= 4 is 17.6 Å². The number of aromatic nitrogens is 2. The van der Waals surface area contributed by atoms with Crippen LogP contribution in [0.4, 0.5) is 0 Å². The molecule has 2 aliphatic heterocycles. The molecule has 4 aromatic rings. The van der Waals surface area contributed by atoms with Gasteiger partial charge in [-0.15, -0.1) is 0 Å². The topological polar surface area (TPSA) is 141 Å². The molecular formula is C41H46ClN5O6. The van der Waals surface area contributed by atoms with Crippen molar-refractivity contribution in [3.05, 3.63) is 99.6 Å². The smallest absolute Gasteiger partial charge is 0.320 e. The maximum atomic E-state index is 12.1. The molecule has 0 saturated carbocycles. The van der Waals surface area contributed by atoms with Crippen LogP contribution in [0.3, 0.4) is 0 Å². The van der Waals surface area contributed by atoms with Crippen LogP contribution in [0.15, 0.2) is 61.2 Å². The van der Waals surface area contributed by atoms with Gasteiger partial charge in [-0.3, -0.25) is 19.7 Å². The van der Waals surface area contributed by atoms with Crippen LogP contribution < -0.4 is 14.2 Å². The molecule has 0 bridgehead atoms. The van der Waals surface area contributed by atoms with Gasteiger partial charge in [0, 0.05) is 79.3 Å². The van der Waals surface area contributed by atoms with E-state index in [1.165, 1.54) is 6.20 Å². The van der Waals surface area contributed by atoms with Crippen molar-refractivity contribution in [2.75, 3.05) is 32.8 Å². The van der Waals surface area contributed by atoms with Crippen LogP contribution in [-0.2, 0) is 24.6 Å². The van der Waals surface area contributed by atoms with E-state index in [9.17, 15) is 20.3 Å². The maximum absolute atomic E-state index is 12.1. The fourth-order valence-electron chi connectivity index (χ4n) is 7.10. The molecule has 2 saturated heterocycles. The number of carboxylic acids is 1. The van der Waals surface area contributed by atoms with Crippen LogP contribution in [0.1, 0.15) is 65.5 Å². The van der Waals surface area contributed by atoms with Crippen molar-refractivity contribution in [1.29, 1.82) is 5.26 Å². The Morgan fingerprint density at radius 3 is 2.55 bits per heavy atom. The highest BCUT2D eigenvalue weighted by molar-refractivity contribution is 6.32. The van der Waals surface area contributed by atoms with Gasteiger partial charge in [0.2, 0.25) is 0 Å². The lowest BCUT2D eigenvalue weighted by Gasteiger charge is -2.33. The van der Waals surface area contributed by atoms with Gasteiger partial charge < -0.3 is 29.3 Å². The number of aliphatic hydroxyl groups is 1. The normalized spacial score (nSPS) is 17.7. The molecule has 6 rings (SSSR count). The van der Waals surface area contributed by atoms with E-state index in [4.69, 9.17) is 25.8 Å². The third kappa shape index (κ3) is 9.64. The molecule has 2 atom stereocenters. The molecule has 2 aromatic heterocycles. The summed E-state index contributed by atoms with van der Waals surface area (Å²) in [6.45, 7) is 8.61. The molecule has 0 spiro atoms. The highest BCUT2D eigenvalue weighted by Gasteiger charge is 2.29. The van der Waals surface area contributed by atoms with Gasteiger partial charge in [-0.2, -0.15) is 5.26 Å². The average molecular weight is 740 g/mol. The molecule has 2 unspecified atom stereocenters. The van der Waals surface area contributed by atoms with Gasteiger partial charge in [-0.1, -0.05) is 30.2 Å². The molecule has 11 nitrogen and oxygen atoms in total. The number of aliphatic carboxylic acids is 1. The quantitative estimate of drug-likeness (QED) is 0.126. The number of hydrogen-bond acceptors (Lipinski definition) is 10. The maximum Gasteiger partial charge on any atom is 0.320 e. The van der Waals surface area contributed by atoms with Crippen molar-refractivity contribution in [2.24, 2.45) is 0 Å². The minimum Gasteiger partial charge on any atom is -0.493 e. The highest BCUT2D eigenvalue weighted by atomic mass is 35.5. The Morgan fingerprint density at radius 2 is 1.75 bits per heavy atom. The number of benzene rings is 2. The summed E-state index contributed by atoms with van der Waals surface area (Å²) in [5, 5.41) is 29.4. The zero-order valence-electron chi connectivity index (χ0n) is 30.3. The van der Waals surface area contributed by atoms with E-state index < -0.39 is 12.0 Å². The lowest BCUT2D eigenvalue weighted by atomic mass is 9.95. The number of β-amino-alcohol motifs (C(OH)–C–C–N with tert-alkyl or cyclic N) is 1. The monoisotopic (exact) mass is 739 g/mol. The summed E-state index contributed by atoms with van der Waals surface area (Å²) in [6, 6.07) is 12.8. The van der Waals surface area contributed by atoms with E-state index in [0.717, 1.165) is 90.0 Å². The number of nitriles is 1. The molecule has 4 heterocycles.